The average Bonchev–Trinajstić information content (AvgIpc) is 3.30. The van der Waals surface area contributed by atoms with Gasteiger partial charge in [0.25, 0.3) is 0 Å². The molecule has 3 rings (SSSR count). The van der Waals surface area contributed by atoms with Gasteiger partial charge in [0.1, 0.15) is 12.4 Å². The van der Waals surface area contributed by atoms with E-state index in [1.54, 1.807) is 6.20 Å². The standard InChI is InChI=1S/C26H38N4O2/c1-3-27-25(30-21-26(13-6-7-14-26)15-17-31-4-2)29-19-22-10-9-12-24(18-22)32-20-23-11-5-8-16-28-23/h5,8-12,16,18H,3-4,6-7,13-15,17,19-21H2,1-2H3,(H2,27,29,30). The predicted molar refractivity (Wildman–Crippen MR) is 130 cm³/mol. The average molecular weight is 439 g/mol. The third-order valence-electron chi connectivity index (χ3n) is 6.05. The number of nitrogens with zero attached hydrogens (tertiary/aromatic N) is 2. The maximum Gasteiger partial charge on any atom is 0.191 e. The molecule has 32 heavy (non-hydrogen) atoms. The molecule has 1 aromatic carbocycles. The predicted octanol–water partition coefficient (Wildman–Crippen LogP) is 4.70. The van der Waals surface area contributed by atoms with Gasteiger partial charge in [-0.05, 0) is 68.4 Å². The number of ether oxygens (including phenoxy) is 2. The van der Waals surface area contributed by atoms with E-state index in [1.165, 1.54) is 25.7 Å². The molecule has 0 spiro atoms. The Bertz CT molecular complexity index is 820. The lowest BCUT2D eigenvalue weighted by Crippen LogP contribution is -2.43. The normalized spacial score (nSPS) is 15.5. The molecular formula is C26H38N4O2. The summed E-state index contributed by atoms with van der Waals surface area (Å²) in [4.78, 5) is 9.13. The van der Waals surface area contributed by atoms with Crippen LogP contribution in [0.2, 0.25) is 0 Å². The molecule has 0 aliphatic heterocycles. The summed E-state index contributed by atoms with van der Waals surface area (Å²) in [7, 11) is 0. The first-order valence-electron chi connectivity index (χ1n) is 11.9. The smallest absolute Gasteiger partial charge is 0.191 e. The largest absolute Gasteiger partial charge is 0.487 e. The van der Waals surface area contributed by atoms with E-state index < -0.39 is 0 Å². The van der Waals surface area contributed by atoms with Crippen molar-refractivity contribution in [2.75, 3.05) is 26.3 Å². The van der Waals surface area contributed by atoms with Gasteiger partial charge in [-0.3, -0.25) is 4.98 Å². The van der Waals surface area contributed by atoms with E-state index in [9.17, 15) is 0 Å². The summed E-state index contributed by atoms with van der Waals surface area (Å²) in [5.41, 5.74) is 2.36. The van der Waals surface area contributed by atoms with Crippen LogP contribution in [0.1, 0.15) is 57.2 Å². The van der Waals surface area contributed by atoms with Crippen molar-refractivity contribution in [3.63, 3.8) is 0 Å². The second-order valence-electron chi connectivity index (χ2n) is 8.46. The monoisotopic (exact) mass is 438 g/mol. The number of aliphatic imine (C=N–C) groups is 1. The Labute approximate surface area is 192 Å². The van der Waals surface area contributed by atoms with E-state index >= 15 is 0 Å². The van der Waals surface area contributed by atoms with Crippen LogP contribution in [0.15, 0.2) is 53.7 Å². The Kier molecular flexibility index (Phi) is 9.82. The molecule has 1 saturated carbocycles. The van der Waals surface area contributed by atoms with Gasteiger partial charge in [-0.2, -0.15) is 0 Å². The molecular weight excluding hydrogens is 400 g/mol. The second kappa shape index (κ2) is 13.1. The van der Waals surface area contributed by atoms with Crippen molar-refractivity contribution >= 4 is 5.96 Å². The van der Waals surface area contributed by atoms with E-state index in [0.29, 0.717) is 18.6 Å². The minimum atomic E-state index is 0.324. The van der Waals surface area contributed by atoms with E-state index in [-0.39, 0.29) is 0 Å². The molecule has 0 saturated heterocycles. The first kappa shape index (κ1) is 24.1. The Hall–Kier alpha value is -2.60. The van der Waals surface area contributed by atoms with Gasteiger partial charge in [-0.15, -0.1) is 0 Å². The zero-order valence-electron chi connectivity index (χ0n) is 19.6. The first-order chi connectivity index (χ1) is 15.7. The van der Waals surface area contributed by atoms with E-state index in [2.05, 4.69) is 41.6 Å². The summed E-state index contributed by atoms with van der Waals surface area (Å²) < 4.78 is 11.6. The van der Waals surface area contributed by atoms with Gasteiger partial charge in [0.2, 0.25) is 0 Å². The fourth-order valence-electron chi connectivity index (χ4n) is 4.23. The highest BCUT2D eigenvalue weighted by Gasteiger charge is 2.33. The van der Waals surface area contributed by atoms with Gasteiger partial charge in [0.15, 0.2) is 5.96 Å². The number of benzene rings is 1. The molecule has 0 amide bonds. The lowest BCUT2D eigenvalue weighted by molar-refractivity contribution is 0.105. The van der Waals surface area contributed by atoms with Gasteiger partial charge in [-0.1, -0.05) is 31.0 Å². The maximum absolute atomic E-state index is 5.91. The van der Waals surface area contributed by atoms with Crippen LogP contribution in [0, 0.1) is 5.41 Å². The number of hydrogen-bond acceptors (Lipinski definition) is 4. The second-order valence-corrected chi connectivity index (χ2v) is 8.46. The summed E-state index contributed by atoms with van der Waals surface area (Å²) in [5, 5.41) is 7.00. The minimum absolute atomic E-state index is 0.324. The molecule has 0 unspecified atom stereocenters. The van der Waals surface area contributed by atoms with Crippen molar-refractivity contribution in [1.29, 1.82) is 0 Å². The van der Waals surface area contributed by atoms with Gasteiger partial charge in [0.05, 0.1) is 12.2 Å². The van der Waals surface area contributed by atoms with Crippen LogP contribution >= 0.6 is 0 Å². The molecule has 0 atom stereocenters. The Morgan fingerprint density at radius 2 is 1.97 bits per heavy atom. The third kappa shape index (κ3) is 7.83. The molecule has 2 N–H and O–H groups in total. The fourth-order valence-corrected chi connectivity index (χ4v) is 4.23. The fraction of sp³-hybridized carbons (Fsp3) is 0.538. The van der Waals surface area contributed by atoms with Crippen LogP contribution in [0.3, 0.4) is 0 Å². The third-order valence-corrected chi connectivity index (χ3v) is 6.05. The van der Waals surface area contributed by atoms with E-state index in [0.717, 1.165) is 55.7 Å². The molecule has 1 aliphatic carbocycles. The summed E-state index contributed by atoms with van der Waals surface area (Å²) in [6, 6.07) is 14.0. The molecule has 6 nitrogen and oxygen atoms in total. The van der Waals surface area contributed by atoms with Crippen LogP contribution in [-0.2, 0) is 17.9 Å². The molecule has 174 valence electrons. The highest BCUT2D eigenvalue weighted by Crippen LogP contribution is 2.40. The van der Waals surface area contributed by atoms with Crippen molar-refractivity contribution in [2.45, 2.75) is 59.1 Å². The van der Waals surface area contributed by atoms with E-state index in [4.69, 9.17) is 14.5 Å². The summed E-state index contributed by atoms with van der Waals surface area (Å²) in [5.74, 6) is 1.71. The number of nitrogens with one attached hydrogen (secondary N) is 2. The van der Waals surface area contributed by atoms with Gasteiger partial charge in [-0.25, -0.2) is 4.99 Å². The molecule has 1 fully saturated rings. The number of guanidine groups is 1. The van der Waals surface area contributed by atoms with Crippen LogP contribution < -0.4 is 15.4 Å². The quantitative estimate of drug-likeness (QED) is 0.286. The number of aromatic nitrogens is 1. The highest BCUT2D eigenvalue weighted by atomic mass is 16.5. The van der Waals surface area contributed by atoms with Crippen molar-refractivity contribution < 1.29 is 9.47 Å². The molecule has 1 aliphatic rings. The summed E-state index contributed by atoms with van der Waals surface area (Å²) >= 11 is 0. The van der Waals surface area contributed by atoms with Crippen molar-refractivity contribution in [1.82, 2.24) is 15.6 Å². The van der Waals surface area contributed by atoms with E-state index in [1.807, 2.05) is 30.3 Å². The number of hydrogen-bond donors (Lipinski definition) is 2. The molecule has 1 heterocycles. The van der Waals surface area contributed by atoms with Crippen molar-refractivity contribution in [2.24, 2.45) is 10.4 Å². The molecule has 6 heteroatoms. The molecule has 0 radical (unpaired) electrons. The minimum Gasteiger partial charge on any atom is -0.487 e. The highest BCUT2D eigenvalue weighted by molar-refractivity contribution is 5.79. The zero-order valence-corrected chi connectivity index (χ0v) is 19.6. The number of pyridine rings is 1. The van der Waals surface area contributed by atoms with Crippen LogP contribution in [0.5, 0.6) is 5.75 Å². The van der Waals surface area contributed by atoms with Crippen LogP contribution in [0.25, 0.3) is 0 Å². The SMILES string of the molecule is CCNC(=NCc1cccc(OCc2ccccn2)c1)NCC1(CCOCC)CCCC1. The van der Waals surface area contributed by atoms with Gasteiger partial charge >= 0.3 is 0 Å². The lowest BCUT2D eigenvalue weighted by Gasteiger charge is -2.30. The Balaban J connectivity index is 1.56. The van der Waals surface area contributed by atoms with Gasteiger partial charge in [0, 0.05) is 32.5 Å². The van der Waals surface area contributed by atoms with Crippen molar-refractivity contribution in [3.8, 4) is 5.75 Å². The maximum atomic E-state index is 5.91. The zero-order chi connectivity index (χ0) is 22.5. The number of rotatable bonds is 12. The Morgan fingerprint density at radius 3 is 2.72 bits per heavy atom. The van der Waals surface area contributed by atoms with Crippen LogP contribution in [-0.4, -0.2) is 37.2 Å². The first-order valence-corrected chi connectivity index (χ1v) is 11.9. The molecule has 0 bridgehead atoms. The van der Waals surface area contributed by atoms with Gasteiger partial charge < -0.3 is 20.1 Å². The summed E-state index contributed by atoms with van der Waals surface area (Å²) in [6.07, 6.45) is 8.05. The summed E-state index contributed by atoms with van der Waals surface area (Å²) in [6.45, 7) is 8.64. The Morgan fingerprint density at radius 1 is 1.09 bits per heavy atom. The topological polar surface area (TPSA) is 67.8 Å². The molecule has 1 aromatic heterocycles. The van der Waals surface area contributed by atoms with Crippen molar-refractivity contribution in [3.05, 3.63) is 59.9 Å². The molecule has 2 aromatic rings. The van der Waals surface area contributed by atoms with Crippen LogP contribution in [0.4, 0.5) is 0 Å². The lowest BCUT2D eigenvalue weighted by atomic mass is 9.83.